The Morgan fingerprint density at radius 2 is 2.21 bits per heavy atom. The quantitative estimate of drug-likeness (QED) is 0.715. The SMILES string of the molecule is O=Cc1cc(Cl)cc(OCC2CC2)c1. The molecule has 0 N–H and O–H groups in total. The summed E-state index contributed by atoms with van der Waals surface area (Å²) in [5.41, 5.74) is 0.559. The summed E-state index contributed by atoms with van der Waals surface area (Å²) in [4.78, 5) is 10.5. The summed E-state index contributed by atoms with van der Waals surface area (Å²) in [6.45, 7) is 0.735. The molecule has 0 aromatic heterocycles. The second-order valence-electron chi connectivity index (χ2n) is 3.59. The number of ether oxygens (including phenoxy) is 1. The predicted molar refractivity (Wildman–Crippen MR) is 55.1 cm³/mol. The molecule has 0 saturated heterocycles. The summed E-state index contributed by atoms with van der Waals surface area (Å²) in [5, 5.41) is 0.542. The largest absolute Gasteiger partial charge is 0.493 e. The maximum absolute atomic E-state index is 10.5. The van der Waals surface area contributed by atoms with E-state index < -0.39 is 0 Å². The highest BCUT2D eigenvalue weighted by Gasteiger charge is 2.21. The summed E-state index contributed by atoms with van der Waals surface area (Å²) >= 11 is 5.82. The number of halogens is 1. The molecule has 2 nitrogen and oxygen atoms in total. The molecule has 0 amide bonds. The smallest absolute Gasteiger partial charge is 0.150 e. The molecule has 1 aromatic rings. The van der Waals surface area contributed by atoms with Crippen LogP contribution in [0.3, 0.4) is 0 Å². The minimum atomic E-state index is 0.542. The zero-order valence-corrected chi connectivity index (χ0v) is 8.46. The number of carbonyl (C=O) groups excluding carboxylic acids is 1. The summed E-state index contributed by atoms with van der Waals surface area (Å²) in [6, 6.07) is 5.07. The number of carbonyl (C=O) groups is 1. The van der Waals surface area contributed by atoms with E-state index in [1.165, 1.54) is 12.8 Å². The number of hydrogen-bond donors (Lipinski definition) is 0. The molecule has 14 heavy (non-hydrogen) atoms. The number of rotatable bonds is 4. The molecular weight excluding hydrogens is 200 g/mol. The van der Waals surface area contributed by atoms with Gasteiger partial charge in [0, 0.05) is 10.6 Å². The van der Waals surface area contributed by atoms with Crippen molar-refractivity contribution in [1.29, 1.82) is 0 Å². The third kappa shape index (κ3) is 2.48. The average Bonchev–Trinajstić information content (AvgIpc) is 2.97. The van der Waals surface area contributed by atoms with Crippen LogP contribution in [-0.4, -0.2) is 12.9 Å². The van der Waals surface area contributed by atoms with Crippen LogP contribution in [0.5, 0.6) is 5.75 Å². The van der Waals surface area contributed by atoms with Gasteiger partial charge in [-0.25, -0.2) is 0 Å². The van der Waals surface area contributed by atoms with Gasteiger partial charge >= 0.3 is 0 Å². The lowest BCUT2D eigenvalue weighted by Crippen LogP contribution is -1.99. The lowest BCUT2D eigenvalue weighted by atomic mass is 10.2. The van der Waals surface area contributed by atoms with Gasteiger partial charge in [-0.05, 0) is 37.0 Å². The van der Waals surface area contributed by atoms with Crippen LogP contribution in [0.1, 0.15) is 23.2 Å². The first-order valence-electron chi connectivity index (χ1n) is 4.66. The molecule has 1 saturated carbocycles. The van der Waals surface area contributed by atoms with Crippen LogP contribution in [-0.2, 0) is 0 Å². The number of benzene rings is 1. The highest BCUT2D eigenvalue weighted by atomic mass is 35.5. The minimum Gasteiger partial charge on any atom is -0.493 e. The van der Waals surface area contributed by atoms with Crippen molar-refractivity contribution < 1.29 is 9.53 Å². The first-order valence-corrected chi connectivity index (χ1v) is 5.04. The van der Waals surface area contributed by atoms with Crippen molar-refractivity contribution in [3.63, 3.8) is 0 Å². The fraction of sp³-hybridized carbons (Fsp3) is 0.364. The molecule has 2 rings (SSSR count). The Balaban J connectivity index is 2.06. The molecule has 74 valence electrons. The standard InChI is InChI=1S/C11H11ClO2/c12-10-3-9(6-13)4-11(5-10)14-7-8-1-2-8/h3-6,8H,1-2,7H2. The Kier molecular flexibility index (Phi) is 2.73. The molecule has 3 heteroatoms. The van der Waals surface area contributed by atoms with E-state index in [4.69, 9.17) is 16.3 Å². The monoisotopic (exact) mass is 210 g/mol. The normalized spacial score (nSPS) is 15.2. The van der Waals surface area contributed by atoms with Crippen LogP contribution in [0.15, 0.2) is 18.2 Å². The zero-order chi connectivity index (χ0) is 9.97. The van der Waals surface area contributed by atoms with E-state index >= 15 is 0 Å². The second-order valence-corrected chi connectivity index (χ2v) is 4.03. The fourth-order valence-electron chi connectivity index (χ4n) is 1.23. The molecule has 0 radical (unpaired) electrons. The van der Waals surface area contributed by atoms with Gasteiger partial charge in [-0.3, -0.25) is 4.79 Å². The molecule has 0 atom stereocenters. The van der Waals surface area contributed by atoms with E-state index in [2.05, 4.69) is 0 Å². The fourth-order valence-corrected chi connectivity index (χ4v) is 1.47. The summed E-state index contributed by atoms with van der Waals surface area (Å²) in [7, 11) is 0. The molecule has 0 aliphatic heterocycles. The first kappa shape index (κ1) is 9.53. The van der Waals surface area contributed by atoms with Crippen molar-refractivity contribution in [2.45, 2.75) is 12.8 Å². The lowest BCUT2D eigenvalue weighted by Gasteiger charge is -2.05. The van der Waals surface area contributed by atoms with E-state index in [9.17, 15) is 4.79 Å². The molecule has 1 fully saturated rings. The highest BCUT2D eigenvalue weighted by molar-refractivity contribution is 6.31. The second kappa shape index (κ2) is 4.01. The van der Waals surface area contributed by atoms with Crippen molar-refractivity contribution in [2.24, 2.45) is 5.92 Å². The minimum absolute atomic E-state index is 0.542. The van der Waals surface area contributed by atoms with Crippen LogP contribution in [0.2, 0.25) is 5.02 Å². The zero-order valence-electron chi connectivity index (χ0n) is 7.70. The van der Waals surface area contributed by atoms with Crippen LogP contribution >= 0.6 is 11.6 Å². The van der Waals surface area contributed by atoms with Crippen molar-refractivity contribution in [3.8, 4) is 5.75 Å². The van der Waals surface area contributed by atoms with E-state index in [1.807, 2.05) is 0 Å². The van der Waals surface area contributed by atoms with Gasteiger partial charge in [-0.15, -0.1) is 0 Å². The van der Waals surface area contributed by atoms with Gasteiger partial charge in [0.25, 0.3) is 0 Å². The highest BCUT2D eigenvalue weighted by Crippen LogP contribution is 2.30. The first-order chi connectivity index (χ1) is 6.78. The number of hydrogen-bond acceptors (Lipinski definition) is 2. The number of aldehydes is 1. The molecule has 1 aromatic carbocycles. The topological polar surface area (TPSA) is 26.3 Å². The Morgan fingerprint density at radius 3 is 2.86 bits per heavy atom. The van der Waals surface area contributed by atoms with E-state index in [0.717, 1.165) is 12.9 Å². The summed E-state index contributed by atoms with van der Waals surface area (Å²) < 4.78 is 5.51. The van der Waals surface area contributed by atoms with Gasteiger partial charge < -0.3 is 4.74 Å². The van der Waals surface area contributed by atoms with Gasteiger partial charge in [0.15, 0.2) is 0 Å². The van der Waals surface area contributed by atoms with Crippen molar-refractivity contribution in [1.82, 2.24) is 0 Å². The summed E-state index contributed by atoms with van der Waals surface area (Å²) in [6.07, 6.45) is 3.28. The average molecular weight is 211 g/mol. The summed E-state index contributed by atoms with van der Waals surface area (Å²) in [5.74, 6) is 1.39. The molecule has 1 aliphatic rings. The molecule has 0 bridgehead atoms. The van der Waals surface area contributed by atoms with E-state index in [-0.39, 0.29) is 0 Å². The van der Waals surface area contributed by atoms with Gasteiger partial charge in [0.1, 0.15) is 12.0 Å². The van der Waals surface area contributed by atoms with Crippen LogP contribution < -0.4 is 4.74 Å². The maximum Gasteiger partial charge on any atom is 0.150 e. The Morgan fingerprint density at radius 1 is 1.43 bits per heavy atom. The van der Waals surface area contributed by atoms with Crippen molar-refractivity contribution in [2.75, 3.05) is 6.61 Å². The van der Waals surface area contributed by atoms with Crippen LogP contribution in [0.25, 0.3) is 0 Å². The predicted octanol–water partition coefficient (Wildman–Crippen LogP) is 2.94. The van der Waals surface area contributed by atoms with Crippen molar-refractivity contribution >= 4 is 17.9 Å². The van der Waals surface area contributed by atoms with E-state index in [0.29, 0.717) is 22.3 Å². The van der Waals surface area contributed by atoms with E-state index in [1.54, 1.807) is 18.2 Å². The molecule has 1 aliphatic carbocycles. The Hall–Kier alpha value is -1.02. The lowest BCUT2D eigenvalue weighted by molar-refractivity contribution is 0.112. The van der Waals surface area contributed by atoms with Crippen LogP contribution in [0, 0.1) is 5.92 Å². The maximum atomic E-state index is 10.5. The van der Waals surface area contributed by atoms with Crippen LogP contribution in [0.4, 0.5) is 0 Å². The van der Waals surface area contributed by atoms with Gasteiger partial charge in [-0.2, -0.15) is 0 Å². The van der Waals surface area contributed by atoms with Gasteiger partial charge in [-0.1, -0.05) is 11.6 Å². The van der Waals surface area contributed by atoms with Gasteiger partial charge in [0.2, 0.25) is 0 Å². The third-order valence-electron chi connectivity index (χ3n) is 2.21. The molecule has 0 heterocycles. The molecule has 0 unspecified atom stereocenters. The third-order valence-corrected chi connectivity index (χ3v) is 2.43. The van der Waals surface area contributed by atoms with Crippen molar-refractivity contribution in [3.05, 3.63) is 28.8 Å². The molecule has 0 spiro atoms. The van der Waals surface area contributed by atoms with Gasteiger partial charge in [0.05, 0.1) is 6.61 Å². The Bertz CT molecular complexity index is 345. The Labute approximate surface area is 87.8 Å². The molecular formula is C11H11ClO2.